The van der Waals surface area contributed by atoms with E-state index in [2.05, 4.69) is 22.2 Å². The van der Waals surface area contributed by atoms with Gasteiger partial charge in [0.25, 0.3) is 0 Å². The Hall–Kier alpha value is -2.38. The van der Waals surface area contributed by atoms with Gasteiger partial charge in [-0.1, -0.05) is 18.2 Å². The zero-order valence-corrected chi connectivity index (χ0v) is 16.7. The van der Waals surface area contributed by atoms with E-state index in [1.54, 1.807) is 0 Å². The molecule has 7 nitrogen and oxygen atoms in total. The average molecular weight is 383 g/mol. The first-order chi connectivity index (χ1) is 13.6. The van der Waals surface area contributed by atoms with Gasteiger partial charge in [0, 0.05) is 50.0 Å². The molecular weight excluding hydrogens is 354 g/mol. The number of hydrogen-bond donors (Lipinski definition) is 1. The summed E-state index contributed by atoms with van der Waals surface area (Å²) in [5.41, 5.74) is 4.14. The van der Waals surface area contributed by atoms with E-state index in [0.717, 1.165) is 68.5 Å². The van der Waals surface area contributed by atoms with Crippen molar-refractivity contribution in [2.24, 2.45) is 0 Å². The summed E-state index contributed by atoms with van der Waals surface area (Å²) >= 11 is 0. The van der Waals surface area contributed by atoms with Crippen LogP contribution in [0.5, 0.6) is 0 Å². The lowest BCUT2D eigenvalue weighted by molar-refractivity contribution is 0.0191. The van der Waals surface area contributed by atoms with Gasteiger partial charge in [0.1, 0.15) is 0 Å². The highest BCUT2D eigenvalue weighted by molar-refractivity contribution is 5.74. The summed E-state index contributed by atoms with van der Waals surface area (Å²) in [5, 5.41) is 7.76. The highest BCUT2D eigenvalue weighted by atomic mass is 16.5. The van der Waals surface area contributed by atoms with Crippen LogP contribution >= 0.6 is 0 Å². The molecular formula is C21H29N5O2. The summed E-state index contributed by atoms with van der Waals surface area (Å²) < 4.78 is 7.38. The molecule has 0 aliphatic carbocycles. The largest absolute Gasteiger partial charge is 0.379 e. The number of amides is 2. The van der Waals surface area contributed by atoms with E-state index < -0.39 is 0 Å². The number of aromatic nitrogens is 2. The molecule has 2 saturated heterocycles. The van der Waals surface area contributed by atoms with Crippen LogP contribution < -0.4 is 5.32 Å². The summed E-state index contributed by atoms with van der Waals surface area (Å²) in [6.45, 7) is 9.70. The van der Waals surface area contributed by atoms with Crippen LogP contribution in [0.1, 0.15) is 23.4 Å². The predicted molar refractivity (Wildman–Crippen MR) is 108 cm³/mol. The van der Waals surface area contributed by atoms with Crippen molar-refractivity contribution in [3.63, 3.8) is 0 Å². The van der Waals surface area contributed by atoms with Crippen molar-refractivity contribution in [1.29, 1.82) is 0 Å². The third-order valence-corrected chi connectivity index (χ3v) is 5.87. The number of nitrogens with one attached hydrogen (secondary N) is 1. The molecule has 4 rings (SSSR count). The fourth-order valence-corrected chi connectivity index (χ4v) is 4.19. The normalized spacial score (nSPS) is 20.5. The van der Waals surface area contributed by atoms with Gasteiger partial charge in [-0.15, -0.1) is 0 Å². The Morgan fingerprint density at radius 3 is 2.68 bits per heavy atom. The number of urea groups is 1. The SMILES string of the molecule is Cc1nn(-c2ccccc2)c(C)c1CNC(=O)N1CCC(N2CCOCC2)C1. The minimum absolute atomic E-state index is 0.0158. The number of morpholine rings is 1. The third-order valence-electron chi connectivity index (χ3n) is 5.87. The van der Waals surface area contributed by atoms with Gasteiger partial charge < -0.3 is 15.0 Å². The first kappa shape index (κ1) is 19.0. The van der Waals surface area contributed by atoms with Crippen molar-refractivity contribution in [3.8, 4) is 5.69 Å². The smallest absolute Gasteiger partial charge is 0.317 e. The van der Waals surface area contributed by atoms with Crippen LogP contribution in [0.25, 0.3) is 5.69 Å². The zero-order chi connectivity index (χ0) is 19.5. The molecule has 0 saturated carbocycles. The van der Waals surface area contributed by atoms with Gasteiger partial charge in [-0.2, -0.15) is 5.10 Å². The van der Waals surface area contributed by atoms with E-state index in [0.29, 0.717) is 12.6 Å². The maximum atomic E-state index is 12.7. The molecule has 0 radical (unpaired) electrons. The average Bonchev–Trinajstić information content (AvgIpc) is 3.33. The van der Waals surface area contributed by atoms with E-state index in [1.807, 2.05) is 46.8 Å². The van der Waals surface area contributed by atoms with Crippen LogP contribution in [0.2, 0.25) is 0 Å². The first-order valence-corrected chi connectivity index (χ1v) is 10.1. The topological polar surface area (TPSA) is 62.6 Å². The van der Waals surface area contributed by atoms with Gasteiger partial charge in [0.15, 0.2) is 0 Å². The van der Waals surface area contributed by atoms with Crippen molar-refractivity contribution in [2.45, 2.75) is 32.9 Å². The quantitative estimate of drug-likeness (QED) is 0.878. The fraction of sp³-hybridized carbons (Fsp3) is 0.524. The predicted octanol–water partition coefficient (Wildman–Crippen LogP) is 2.11. The Balaban J connectivity index is 1.36. The molecule has 0 spiro atoms. The van der Waals surface area contributed by atoms with Gasteiger partial charge in [-0.25, -0.2) is 9.48 Å². The summed E-state index contributed by atoms with van der Waals surface area (Å²) in [7, 11) is 0. The van der Waals surface area contributed by atoms with Crippen molar-refractivity contribution < 1.29 is 9.53 Å². The molecule has 1 aromatic carbocycles. The molecule has 1 aromatic heterocycles. The molecule has 2 aliphatic heterocycles. The molecule has 7 heteroatoms. The molecule has 0 bridgehead atoms. The molecule has 1 unspecified atom stereocenters. The van der Waals surface area contributed by atoms with Crippen molar-refractivity contribution in [2.75, 3.05) is 39.4 Å². The molecule has 3 heterocycles. The number of benzene rings is 1. The molecule has 1 N–H and O–H groups in total. The van der Waals surface area contributed by atoms with Crippen molar-refractivity contribution in [1.82, 2.24) is 24.9 Å². The van der Waals surface area contributed by atoms with Crippen LogP contribution in [0, 0.1) is 13.8 Å². The Labute approximate surface area is 166 Å². The van der Waals surface area contributed by atoms with E-state index >= 15 is 0 Å². The van der Waals surface area contributed by atoms with Crippen LogP contribution in [0.15, 0.2) is 30.3 Å². The van der Waals surface area contributed by atoms with Gasteiger partial charge in [0.2, 0.25) is 0 Å². The van der Waals surface area contributed by atoms with E-state index in [1.165, 1.54) is 0 Å². The molecule has 150 valence electrons. The number of ether oxygens (including phenoxy) is 1. The lowest BCUT2D eigenvalue weighted by atomic mass is 10.2. The second-order valence-electron chi connectivity index (χ2n) is 7.59. The van der Waals surface area contributed by atoms with Gasteiger partial charge in [-0.05, 0) is 32.4 Å². The van der Waals surface area contributed by atoms with Crippen LogP contribution in [-0.2, 0) is 11.3 Å². The number of likely N-dealkylation sites (tertiary alicyclic amines) is 1. The maximum Gasteiger partial charge on any atom is 0.317 e. The Morgan fingerprint density at radius 1 is 1.18 bits per heavy atom. The van der Waals surface area contributed by atoms with Gasteiger partial charge in [-0.3, -0.25) is 4.90 Å². The standard InChI is InChI=1S/C21H29N5O2/c1-16-20(17(2)26(23-16)18-6-4-3-5-7-18)14-22-21(27)25-9-8-19(15-25)24-10-12-28-13-11-24/h3-7,19H,8-15H2,1-2H3,(H,22,27). The fourth-order valence-electron chi connectivity index (χ4n) is 4.19. The zero-order valence-electron chi connectivity index (χ0n) is 16.7. The van der Waals surface area contributed by atoms with Gasteiger partial charge >= 0.3 is 6.03 Å². The lowest BCUT2D eigenvalue weighted by Crippen LogP contribution is -2.46. The summed E-state index contributed by atoms with van der Waals surface area (Å²) in [4.78, 5) is 17.1. The number of carbonyl (C=O) groups excluding carboxylic acids is 1. The molecule has 2 fully saturated rings. The van der Waals surface area contributed by atoms with Crippen LogP contribution in [0.4, 0.5) is 4.79 Å². The molecule has 1 atom stereocenters. The van der Waals surface area contributed by atoms with E-state index in [9.17, 15) is 4.79 Å². The molecule has 28 heavy (non-hydrogen) atoms. The number of aryl methyl sites for hydroxylation is 1. The Kier molecular flexibility index (Phi) is 5.64. The minimum Gasteiger partial charge on any atom is -0.379 e. The summed E-state index contributed by atoms with van der Waals surface area (Å²) in [6, 6.07) is 10.6. The Bertz CT molecular complexity index is 814. The number of nitrogens with zero attached hydrogens (tertiary/aromatic N) is 4. The number of para-hydroxylation sites is 1. The molecule has 2 aromatic rings. The second-order valence-corrected chi connectivity index (χ2v) is 7.59. The first-order valence-electron chi connectivity index (χ1n) is 10.1. The van der Waals surface area contributed by atoms with Crippen molar-refractivity contribution in [3.05, 3.63) is 47.3 Å². The highest BCUT2D eigenvalue weighted by Crippen LogP contribution is 2.19. The van der Waals surface area contributed by atoms with E-state index in [-0.39, 0.29) is 6.03 Å². The van der Waals surface area contributed by atoms with Crippen LogP contribution in [-0.4, -0.2) is 71.0 Å². The lowest BCUT2D eigenvalue weighted by Gasteiger charge is -2.32. The summed E-state index contributed by atoms with van der Waals surface area (Å²) in [5.74, 6) is 0. The second kappa shape index (κ2) is 8.32. The van der Waals surface area contributed by atoms with E-state index in [4.69, 9.17) is 4.74 Å². The third kappa shape index (κ3) is 3.91. The van der Waals surface area contributed by atoms with Crippen LogP contribution in [0.3, 0.4) is 0 Å². The number of rotatable bonds is 4. The van der Waals surface area contributed by atoms with Gasteiger partial charge in [0.05, 0.1) is 24.6 Å². The number of hydrogen-bond acceptors (Lipinski definition) is 4. The summed E-state index contributed by atoms with van der Waals surface area (Å²) in [6.07, 6.45) is 1.04. The van der Waals surface area contributed by atoms with Crippen molar-refractivity contribution >= 4 is 6.03 Å². The highest BCUT2D eigenvalue weighted by Gasteiger charge is 2.31. The Morgan fingerprint density at radius 2 is 1.93 bits per heavy atom. The maximum absolute atomic E-state index is 12.7. The molecule has 2 aliphatic rings. The minimum atomic E-state index is 0.0158. The molecule has 2 amide bonds. The number of carbonyl (C=O) groups is 1. The monoisotopic (exact) mass is 383 g/mol.